The molecule has 2 aromatic rings. The number of nitrogens with zero attached hydrogens (tertiary/aromatic N) is 4. The number of rotatable bonds is 7. The number of anilines is 2. The van der Waals surface area contributed by atoms with Crippen LogP contribution in [0.2, 0.25) is 0 Å². The van der Waals surface area contributed by atoms with E-state index in [9.17, 15) is 0 Å². The standard InChI is InChI=1S/C15H22N6/c1-12(13-7-5-4-6-8-13)18-15-19-14(11-17-20-15)16-9-10-21(2)3/h4-8,11-12H,9-10H2,1-3H3,(H2,16,18,19,20). The van der Waals surface area contributed by atoms with Crippen LogP contribution in [0.3, 0.4) is 0 Å². The van der Waals surface area contributed by atoms with Crippen LogP contribution < -0.4 is 10.6 Å². The second-order valence-electron chi connectivity index (χ2n) is 5.17. The summed E-state index contributed by atoms with van der Waals surface area (Å²) in [5.74, 6) is 1.26. The van der Waals surface area contributed by atoms with E-state index in [2.05, 4.69) is 49.8 Å². The van der Waals surface area contributed by atoms with E-state index in [0.717, 1.165) is 18.9 Å². The fourth-order valence-electron chi connectivity index (χ4n) is 1.88. The van der Waals surface area contributed by atoms with Crippen LogP contribution in [-0.2, 0) is 0 Å². The maximum Gasteiger partial charge on any atom is 0.245 e. The van der Waals surface area contributed by atoms with Crippen LogP contribution in [0.5, 0.6) is 0 Å². The molecule has 0 spiro atoms. The van der Waals surface area contributed by atoms with E-state index < -0.39 is 0 Å². The summed E-state index contributed by atoms with van der Waals surface area (Å²) >= 11 is 0. The zero-order valence-corrected chi connectivity index (χ0v) is 12.7. The second-order valence-corrected chi connectivity index (χ2v) is 5.17. The molecular weight excluding hydrogens is 264 g/mol. The minimum absolute atomic E-state index is 0.130. The molecule has 0 saturated carbocycles. The van der Waals surface area contributed by atoms with Gasteiger partial charge in [0.15, 0.2) is 5.82 Å². The monoisotopic (exact) mass is 286 g/mol. The molecule has 1 aromatic heterocycles. The topological polar surface area (TPSA) is 66.0 Å². The van der Waals surface area contributed by atoms with Crippen molar-refractivity contribution in [1.29, 1.82) is 0 Å². The van der Waals surface area contributed by atoms with E-state index >= 15 is 0 Å². The largest absolute Gasteiger partial charge is 0.367 e. The van der Waals surface area contributed by atoms with Gasteiger partial charge in [-0.3, -0.25) is 0 Å². The molecule has 1 aromatic carbocycles. The smallest absolute Gasteiger partial charge is 0.245 e. The van der Waals surface area contributed by atoms with Crippen molar-refractivity contribution in [3.05, 3.63) is 42.1 Å². The van der Waals surface area contributed by atoms with Crippen LogP contribution in [-0.4, -0.2) is 47.3 Å². The summed E-state index contributed by atoms with van der Waals surface area (Å²) in [5, 5.41) is 14.5. The molecule has 0 radical (unpaired) electrons. The predicted molar refractivity (Wildman–Crippen MR) is 85.4 cm³/mol. The molecule has 0 fully saturated rings. The van der Waals surface area contributed by atoms with Crippen molar-refractivity contribution in [3.8, 4) is 0 Å². The lowest BCUT2D eigenvalue weighted by Gasteiger charge is -2.14. The van der Waals surface area contributed by atoms with Crippen LogP contribution in [0.4, 0.5) is 11.8 Å². The highest BCUT2D eigenvalue weighted by Gasteiger charge is 2.07. The Balaban J connectivity index is 1.94. The first-order valence-corrected chi connectivity index (χ1v) is 7.05. The van der Waals surface area contributed by atoms with Gasteiger partial charge in [0.1, 0.15) is 0 Å². The molecule has 6 heteroatoms. The molecule has 112 valence electrons. The van der Waals surface area contributed by atoms with E-state index in [1.54, 1.807) is 6.20 Å². The van der Waals surface area contributed by atoms with Crippen molar-refractivity contribution in [2.45, 2.75) is 13.0 Å². The summed E-state index contributed by atoms with van der Waals surface area (Å²) in [4.78, 5) is 6.53. The Bertz CT molecular complexity index is 543. The first-order chi connectivity index (χ1) is 10.1. The third-order valence-corrected chi connectivity index (χ3v) is 3.07. The van der Waals surface area contributed by atoms with Gasteiger partial charge in [0.2, 0.25) is 5.95 Å². The average molecular weight is 286 g/mol. The van der Waals surface area contributed by atoms with E-state index in [0.29, 0.717) is 5.95 Å². The molecule has 1 heterocycles. The molecule has 2 N–H and O–H groups in total. The Morgan fingerprint density at radius 2 is 1.95 bits per heavy atom. The number of hydrogen-bond donors (Lipinski definition) is 2. The van der Waals surface area contributed by atoms with E-state index in [-0.39, 0.29) is 6.04 Å². The Morgan fingerprint density at radius 1 is 1.19 bits per heavy atom. The molecule has 6 nitrogen and oxygen atoms in total. The lowest BCUT2D eigenvalue weighted by molar-refractivity contribution is 0.425. The van der Waals surface area contributed by atoms with Crippen LogP contribution in [0.25, 0.3) is 0 Å². The first-order valence-electron chi connectivity index (χ1n) is 7.05. The quantitative estimate of drug-likeness (QED) is 0.812. The minimum Gasteiger partial charge on any atom is -0.367 e. The normalized spacial score (nSPS) is 12.2. The number of nitrogens with one attached hydrogen (secondary N) is 2. The second kappa shape index (κ2) is 7.54. The first kappa shape index (κ1) is 15.2. The van der Waals surface area contributed by atoms with Crippen molar-refractivity contribution >= 4 is 11.8 Å². The maximum absolute atomic E-state index is 4.42. The molecule has 0 bridgehead atoms. The Labute approximate surface area is 125 Å². The van der Waals surface area contributed by atoms with Gasteiger partial charge in [-0.1, -0.05) is 30.3 Å². The Hall–Kier alpha value is -2.21. The molecule has 2 rings (SSSR count). The molecule has 0 aliphatic rings. The van der Waals surface area contributed by atoms with E-state index in [1.165, 1.54) is 5.56 Å². The van der Waals surface area contributed by atoms with Crippen LogP contribution in [0.15, 0.2) is 36.5 Å². The van der Waals surface area contributed by atoms with Gasteiger partial charge in [-0.2, -0.15) is 10.1 Å². The Kier molecular flexibility index (Phi) is 5.45. The summed E-state index contributed by atoms with van der Waals surface area (Å²) in [6, 6.07) is 10.3. The molecule has 21 heavy (non-hydrogen) atoms. The van der Waals surface area contributed by atoms with E-state index in [1.807, 2.05) is 32.3 Å². The number of likely N-dealkylation sites (N-methyl/N-ethyl adjacent to an activating group) is 1. The highest BCUT2D eigenvalue weighted by Crippen LogP contribution is 2.16. The lowest BCUT2D eigenvalue weighted by Crippen LogP contribution is -2.21. The molecule has 0 aliphatic heterocycles. The number of benzene rings is 1. The molecule has 0 amide bonds. The average Bonchev–Trinajstić information content (AvgIpc) is 2.48. The summed E-state index contributed by atoms with van der Waals surface area (Å²) in [6.07, 6.45) is 1.63. The van der Waals surface area contributed by atoms with Crippen molar-refractivity contribution < 1.29 is 0 Å². The summed E-state index contributed by atoms with van der Waals surface area (Å²) < 4.78 is 0. The van der Waals surface area contributed by atoms with Crippen molar-refractivity contribution in [3.63, 3.8) is 0 Å². The van der Waals surface area contributed by atoms with Crippen LogP contribution >= 0.6 is 0 Å². The molecule has 0 saturated heterocycles. The van der Waals surface area contributed by atoms with Gasteiger partial charge in [0.25, 0.3) is 0 Å². The zero-order valence-electron chi connectivity index (χ0n) is 12.7. The SMILES string of the molecule is CC(Nc1nncc(NCCN(C)C)n1)c1ccccc1. The molecule has 1 atom stereocenters. The van der Waals surface area contributed by atoms with Gasteiger partial charge in [-0.05, 0) is 26.6 Å². The van der Waals surface area contributed by atoms with Crippen LogP contribution in [0.1, 0.15) is 18.5 Å². The van der Waals surface area contributed by atoms with Gasteiger partial charge >= 0.3 is 0 Å². The molecule has 0 aliphatic carbocycles. The van der Waals surface area contributed by atoms with Gasteiger partial charge in [-0.25, -0.2) is 0 Å². The van der Waals surface area contributed by atoms with Crippen molar-refractivity contribution in [2.75, 3.05) is 37.8 Å². The Morgan fingerprint density at radius 3 is 2.67 bits per heavy atom. The molecule has 1 unspecified atom stereocenters. The fourth-order valence-corrected chi connectivity index (χ4v) is 1.88. The minimum atomic E-state index is 0.130. The zero-order chi connectivity index (χ0) is 15.1. The van der Waals surface area contributed by atoms with Gasteiger partial charge in [-0.15, -0.1) is 5.10 Å². The lowest BCUT2D eigenvalue weighted by atomic mass is 10.1. The third-order valence-electron chi connectivity index (χ3n) is 3.07. The van der Waals surface area contributed by atoms with Crippen LogP contribution in [0, 0.1) is 0 Å². The molecular formula is C15H22N6. The highest BCUT2D eigenvalue weighted by molar-refractivity contribution is 5.38. The highest BCUT2D eigenvalue weighted by atomic mass is 15.3. The fraction of sp³-hybridized carbons (Fsp3) is 0.400. The maximum atomic E-state index is 4.42. The van der Waals surface area contributed by atoms with E-state index in [4.69, 9.17) is 0 Å². The van der Waals surface area contributed by atoms with Gasteiger partial charge < -0.3 is 15.5 Å². The number of aromatic nitrogens is 3. The predicted octanol–water partition coefficient (Wildman–Crippen LogP) is 2.02. The van der Waals surface area contributed by atoms with Gasteiger partial charge in [0.05, 0.1) is 12.2 Å². The van der Waals surface area contributed by atoms with Crippen molar-refractivity contribution in [2.24, 2.45) is 0 Å². The van der Waals surface area contributed by atoms with Crippen molar-refractivity contribution in [1.82, 2.24) is 20.1 Å². The summed E-state index contributed by atoms with van der Waals surface area (Å²) in [5.41, 5.74) is 1.19. The third kappa shape index (κ3) is 5.00. The number of hydrogen-bond acceptors (Lipinski definition) is 6. The summed E-state index contributed by atoms with van der Waals surface area (Å²) in [7, 11) is 4.07. The van der Waals surface area contributed by atoms with Gasteiger partial charge in [0, 0.05) is 13.1 Å². The summed E-state index contributed by atoms with van der Waals surface area (Å²) in [6.45, 7) is 3.83.